The third kappa shape index (κ3) is 4.97. The fraction of sp³-hybridized carbons (Fsp3) is 0.0500. The van der Waals surface area contributed by atoms with Crippen molar-refractivity contribution >= 4 is 31.6 Å². The first kappa shape index (κ1) is 21.3. The van der Waals surface area contributed by atoms with E-state index in [2.05, 4.69) is 4.72 Å². The molecule has 0 radical (unpaired) electrons. The SMILES string of the molecule is COc1ccc(S(=O)(=O)Nc2ccc(S(=O)(=O)NC(=O)c3ccccc3)cc2)cc1. The molecule has 8 nitrogen and oxygen atoms in total. The maximum Gasteiger partial charge on any atom is 0.264 e. The summed E-state index contributed by atoms with van der Waals surface area (Å²) in [6, 6.07) is 18.7. The summed E-state index contributed by atoms with van der Waals surface area (Å²) in [5.74, 6) is -0.249. The van der Waals surface area contributed by atoms with Crippen molar-refractivity contribution in [3.63, 3.8) is 0 Å². The largest absolute Gasteiger partial charge is 0.497 e. The van der Waals surface area contributed by atoms with Gasteiger partial charge in [0.05, 0.1) is 16.9 Å². The van der Waals surface area contributed by atoms with E-state index >= 15 is 0 Å². The molecular weight excluding hydrogens is 428 g/mol. The molecule has 0 fully saturated rings. The Kier molecular flexibility index (Phi) is 6.09. The summed E-state index contributed by atoms with van der Waals surface area (Å²) in [6.45, 7) is 0. The standard InChI is InChI=1S/C20H18N2O6S2/c1-28-17-9-13-19(14-10-17)29(24,25)21-16-7-11-18(12-8-16)30(26,27)22-20(23)15-5-3-2-4-6-15/h2-14,21H,1H3,(H,22,23). The molecule has 0 aliphatic carbocycles. The van der Waals surface area contributed by atoms with E-state index in [1.807, 2.05) is 4.72 Å². The molecule has 3 aromatic carbocycles. The lowest BCUT2D eigenvalue weighted by molar-refractivity contribution is 0.0981. The van der Waals surface area contributed by atoms with E-state index in [9.17, 15) is 21.6 Å². The van der Waals surface area contributed by atoms with Crippen molar-refractivity contribution in [3.8, 4) is 5.75 Å². The number of nitrogens with one attached hydrogen (secondary N) is 2. The number of hydrogen-bond acceptors (Lipinski definition) is 6. The normalized spacial score (nSPS) is 11.5. The molecule has 0 aliphatic heterocycles. The van der Waals surface area contributed by atoms with Crippen LogP contribution >= 0.6 is 0 Å². The second-order valence-electron chi connectivity index (χ2n) is 6.11. The van der Waals surface area contributed by atoms with Gasteiger partial charge in [-0.3, -0.25) is 9.52 Å². The molecule has 10 heteroatoms. The molecule has 3 rings (SSSR count). The molecule has 2 N–H and O–H groups in total. The van der Waals surface area contributed by atoms with Crippen LogP contribution in [0.2, 0.25) is 0 Å². The van der Waals surface area contributed by atoms with Crippen molar-refractivity contribution < 1.29 is 26.4 Å². The highest BCUT2D eigenvalue weighted by atomic mass is 32.2. The number of rotatable bonds is 7. The number of sulfonamides is 2. The number of methoxy groups -OCH3 is 1. The Balaban J connectivity index is 1.74. The van der Waals surface area contributed by atoms with Crippen molar-refractivity contribution in [2.45, 2.75) is 9.79 Å². The van der Waals surface area contributed by atoms with Gasteiger partial charge in [-0.05, 0) is 60.7 Å². The Morgan fingerprint density at radius 2 is 1.27 bits per heavy atom. The third-order valence-corrected chi connectivity index (χ3v) is 6.79. The number of benzene rings is 3. The smallest absolute Gasteiger partial charge is 0.264 e. The van der Waals surface area contributed by atoms with E-state index in [0.29, 0.717) is 5.75 Å². The number of anilines is 1. The molecule has 0 saturated heterocycles. The molecule has 0 unspecified atom stereocenters. The fourth-order valence-corrected chi connectivity index (χ4v) is 4.53. The molecule has 3 aromatic rings. The molecule has 0 aliphatic rings. The highest BCUT2D eigenvalue weighted by Gasteiger charge is 2.19. The first-order chi connectivity index (χ1) is 14.2. The maximum atomic E-state index is 12.5. The van der Waals surface area contributed by atoms with Crippen LogP contribution in [0.25, 0.3) is 0 Å². The van der Waals surface area contributed by atoms with Gasteiger partial charge >= 0.3 is 0 Å². The van der Waals surface area contributed by atoms with Crippen LogP contribution in [0.5, 0.6) is 5.75 Å². The minimum Gasteiger partial charge on any atom is -0.497 e. The lowest BCUT2D eigenvalue weighted by Crippen LogP contribution is -2.30. The number of ether oxygens (including phenoxy) is 1. The average molecular weight is 447 g/mol. The molecule has 0 aromatic heterocycles. The molecule has 0 atom stereocenters. The number of carbonyl (C=O) groups is 1. The van der Waals surface area contributed by atoms with Gasteiger partial charge in [-0.25, -0.2) is 21.6 Å². The van der Waals surface area contributed by atoms with Gasteiger partial charge in [-0.15, -0.1) is 0 Å². The van der Waals surface area contributed by atoms with Gasteiger partial charge in [0.2, 0.25) is 0 Å². The van der Waals surface area contributed by atoms with E-state index in [4.69, 9.17) is 4.74 Å². The summed E-state index contributed by atoms with van der Waals surface area (Å²) >= 11 is 0. The predicted octanol–water partition coefficient (Wildman–Crippen LogP) is 2.61. The highest BCUT2D eigenvalue weighted by molar-refractivity contribution is 7.92. The lowest BCUT2D eigenvalue weighted by Gasteiger charge is -2.10. The molecule has 156 valence electrons. The van der Waals surface area contributed by atoms with Gasteiger partial charge in [0.1, 0.15) is 5.75 Å². The van der Waals surface area contributed by atoms with E-state index < -0.39 is 26.0 Å². The van der Waals surface area contributed by atoms with Crippen molar-refractivity contribution in [1.82, 2.24) is 4.72 Å². The Morgan fingerprint density at radius 1 is 0.733 bits per heavy atom. The lowest BCUT2D eigenvalue weighted by atomic mass is 10.2. The van der Waals surface area contributed by atoms with Crippen LogP contribution in [0.3, 0.4) is 0 Å². The van der Waals surface area contributed by atoms with Crippen LogP contribution in [0.4, 0.5) is 5.69 Å². The topological polar surface area (TPSA) is 119 Å². The first-order valence-corrected chi connectivity index (χ1v) is 11.6. The van der Waals surface area contributed by atoms with Crippen molar-refractivity contribution in [2.75, 3.05) is 11.8 Å². The van der Waals surface area contributed by atoms with Crippen LogP contribution < -0.4 is 14.2 Å². The summed E-state index contributed by atoms with van der Waals surface area (Å²) in [5.41, 5.74) is 0.365. The second kappa shape index (κ2) is 8.56. The molecule has 1 amide bonds. The summed E-state index contributed by atoms with van der Waals surface area (Å²) < 4.78 is 59.1. The number of amides is 1. The van der Waals surface area contributed by atoms with Gasteiger partial charge < -0.3 is 4.74 Å². The molecule has 30 heavy (non-hydrogen) atoms. The molecule has 0 saturated carbocycles. The molecule has 0 heterocycles. The van der Waals surface area contributed by atoms with Gasteiger partial charge in [0.25, 0.3) is 26.0 Å². The Morgan fingerprint density at radius 3 is 1.83 bits per heavy atom. The maximum absolute atomic E-state index is 12.5. The monoisotopic (exact) mass is 446 g/mol. The van der Waals surface area contributed by atoms with E-state index in [0.717, 1.165) is 0 Å². The van der Waals surface area contributed by atoms with E-state index in [1.165, 1.54) is 67.8 Å². The molecular formula is C20H18N2O6S2. The van der Waals surface area contributed by atoms with Gasteiger partial charge in [0, 0.05) is 11.3 Å². The average Bonchev–Trinajstić information content (AvgIpc) is 2.74. The number of carbonyl (C=O) groups excluding carboxylic acids is 1. The first-order valence-electron chi connectivity index (χ1n) is 8.60. The van der Waals surface area contributed by atoms with E-state index in [-0.39, 0.29) is 21.0 Å². The van der Waals surface area contributed by atoms with Crippen molar-refractivity contribution in [2.24, 2.45) is 0 Å². The second-order valence-corrected chi connectivity index (χ2v) is 9.47. The summed E-state index contributed by atoms with van der Waals surface area (Å²) in [6.07, 6.45) is 0. The molecule has 0 bridgehead atoms. The zero-order chi connectivity index (χ0) is 21.8. The summed E-state index contributed by atoms with van der Waals surface area (Å²) in [5, 5.41) is 0. The third-order valence-electron chi connectivity index (χ3n) is 4.05. The van der Waals surface area contributed by atoms with Gasteiger partial charge in [-0.2, -0.15) is 0 Å². The van der Waals surface area contributed by atoms with Crippen LogP contribution in [0.15, 0.2) is 88.7 Å². The van der Waals surface area contributed by atoms with E-state index in [1.54, 1.807) is 18.2 Å². The zero-order valence-corrected chi connectivity index (χ0v) is 17.4. The Hall–Kier alpha value is -3.37. The minimum absolute atomic E-state index is 0.0233. The zero-order valence-electron chi connectivity index (χ0n) is 15.8. The quantitative estimate of drug-likeness (QED) is 0.576. The summed E-state index contributed by atoms with van der Waals surface area (Å²) in [4.78, 5) is 11.9. The number of hydrogen-bond donors (Lipinski definition) is 2. The Labute approximate surface area is 174 Å². The van der Waals surface area contributed by atoms with Gasteiger partial charge in [0.15, 0.2) is 0 Å². The Bertz CT molecular complexity index is 1240. The predicted molar refractivity (Wildman–Crippen MR) is 111 cm³/mol. The van der Waals surface area contributed by atoms with Crippen molar-refractivity contribution in [3.05, 3.63) is 84.4 Å². The van der Waals surface area contributed by atoms with Crippen LogP contribution in [-0.2, 0) is 20.0 Å². The molecule has 0 spiro atoms. The van der Waals surface area contributed by atoms with Crippen LogP contribution in [-0.4, -0.2) is 29.9 Å². The van der Waals surface area contributed by atoms with Gasteiger partial charge in [-0.1, -0.05) is 18.2 Å². The van der Waals surface area contributed by atoms with Crippen molar-refractivity contribution in [1.29, 1.82) is 0 Å². The fourth-order valence-electron chi connectivity index (χ4n) is 2.50. The minimum atomic E-state index is -4.12. The van der Waals surface area contributed by atoms with Crippen LogP contribution in [0.1, 0.15) is 10.4 Å². The van der Waals surface area contributed by atoms with Crippen LogP contribution in [0, 0.1) is 0 Å². The summed E-state index contributed by atoms with van der Waals surface area (Å²) in [7, 11) is -6.51. The highest BCUT2D eigenvalue weighted by Crippen LogP contribution is 2.20.